The number of aryl methyl sites for hydroxylation is 1. The number of nitriles is 1. The summed E-state index contributed by atoms with van der Waals surface area (Å²) in [4.78, 5) is 11.3. The fraction of sp³-hybridized carbons (Fsp3) is 0.273. The van der Waals surface area contributed by atoms with E-state index in [-0.39, 0.29) is 5.56 Å². The van der Waals surface area contributed by atoms with Gasteiger partial charge >= 0.3 is 5.97 Å². The van der Waals surface area contributed by atoms with Crippen molar-refractivity contribution in [1.82, 2.24) is 0 Å². The number of benzene rings is 1. The highest BCUT2D eigenvalue weighted by molar-refractivity contribution is 6.17. The number of methoxy groups -OCH3 is 1. The van der Waals surface area contributed by atoms with Gasteiger partial charge in [-0.1, -0.05) is 0 Å². The Morgan fingerprint density at radius 2 is 2.27 bits per heavy atom. The second-order valence-electron chi connectivity index (χ2n) is 3.06. The summed E-state index contributed by atoms with van der Waals surface area (Å²) in [5, 5.41) is 8.87. The van der Waals surface area contributed by atoms with Crippen molar-refractivity contribution in [2.24, 2.45) is 0 Å². The Morgan fingerprint density at radius 3 is 2.73 bits per heavy atom. The van der Waals surface area contributed by atoms with Crippen LogP contribution in [0.25, 0.3) is 0 Å². The maximum absolute atomic E-state index is 11.3. The van der Waals surface area contributed by atoms with E-state index >= 15 is 0 Å². The van der Waals surface area contributed by atoms with Crippen molar-refractivity contribution >= 4 is 17.6 Å². The minimum Gasteiger partial charge on any atom is -0.465 e. The Kier molecular flexibility index (Phi) is 3.70. The predicted molar refractivity (Wildman–Crippen MR) is 56.8 cm³/mol. The Labute approximate surface area is 93.2 Å². The van der Waals surface area contributed by atoms with Crippen LogP contribution >= 0.6 is 11.6 Å². The topological polar surface area (TPSA) is 50.1 Å². The molecule has 0 spiro atoms. The van der Waals surface area contributed by atoms with Crippen molar-refractivity contribution in [3.63, 3.8) is 0 Å². The van der Waals surface area contributed by atoms with Gasteiger partial charge in [0.25, 0.3) is 0 Å². The van der Waals surface area contributed by atoms with Crippen molar-refractivity contribution in [2.75, 3.05) is 7.11 Å². The van der Waals surface area contributed by atoms with Crippen LogP contribution in [-0.4, -0.2) is 13.1 Å². The second kappa shape index (κ2) is 4.81. The quantitative estimate of drug-likeness (QED) is 0.571. The number of halogens is 1. The molecule has 15 heavy (non-hydrogen) atoms. The lowest BCUT2D eigenvalue weighted by molar-refractivity contribution is 0.0600. The van der Waals surface area contributed by atoms with Crippen LogP contribution in [0.5, 0.6) is 0 Å². The number of alkyl halides is 1. The number of ether oxygens (including phenoxy) is 1. The van der Waals surface area contributed by atoms with Crippen LogP contribution in [0.15, 0.2) is 12.1 Å². The molecule has 0 saturated heterocycles. The number of carbonyl (C=O) groups is 1. The van der Waals surface area contributed by atoms with E-state index in [2.05, 4.69) is 4.74 Å². The van der Waals surface area contributed by atoms with Crippen LogP contribution < -0.4 is 0 Å². The molecule has 0 unspecified atom stereocenters. The summed E-state index contributed by atoms with van der Waals surface area (Å²) in [5.41, 5.74) is 2.31. The fourth-order valence-electron chi connectivity index (χ4n) is 1.27. The number of hydrogen-bond acceptors (Lipinski definition) is 3. The predicted octanol–water partition coefficient (Wildman–Crippen LogP) is 2.39. The minimum atomic E-state index is -0.504. The standard InChI is InChI=1S/C11H10ClNO2/c1-7-3-10(11(14)15-2)9(6-13)4-8(7)5-12/h3-4H,5H2,1-2H3. The number of hydrogen-bond donors (Lipinski definition) is 0. The maximum Gasteiger partial charge on any atom is 0.339 e. The maximum atomic E-state index is 11.3. The van der Waals surface area contributed by atoms with Crippen LogP contribution in [0.2, 0.25) is 0 Å². The molecular weight excluding hydrogens is 214 g/mol. The third kappa shape index (κ3) is 2.28. The summed E-state index contributed by atoms with van der Waals surface area (Å²) in [6.07, 6.45) is 0. The van der Waals surface area contributed by atoms with Gasteiger partial charge in [0, 0.05) is 5.88 Å². The first kappa shape index (κ1) is 11.5. The van der Waals surface area contributed by atoms with Gasteiger partial charge in [0.05, 0.1) is 18.2 Å². The largest absolute Gasteiger partial charge is 0.465 e. The molecule has 0 fully saturated rings. The Balaban J connectivity index is 3.35. The average Bonchev–Trinajstić information content (AvgIpc) is 2.27. The van der Waals surface area contributed by atoms with Gasteiger partial charge in [-0.3, -0.25) is 0 Å². The van der Waals surface area contributed by atoms with Gasteiger partial charge in [0.2, 0.25) is 0 Å². The lowest BCUT2D eigenvalue weighted by Crippen LogP contribution is -2.05. The van der Waals surface area contributed by atoms with Crippen LogP contribution in [-0.2, 0) is 10.6 Å². The normalized spacial score (nSPS) is 9.47. The molecule has 0 aromatic heterocycles. The zero-order valence-electron chi connectivity index (χ0n) is 8.50. The molecule has 0 aliphatic heterocycles. The molecule has 0 N–H and O–H groups in total. The molecule has 0 atom stereocenters. The highest BCUT2D eigenvalue weighted by Gasteiger charge is 2.13. The number of nitrogens with zero attached hydrogens (tertiary/aromatic N) is 1. The molecule has 1 aromatic rings. The molecule has 0 heterocycles. The fourth-order valence-corrected chi connectivity index (χ4v) is 1.56. The monoisotopic (exact) mass is 223 g/mol. The summed E-state index contributed by atoms with van der Waals surface area (Å²) in [6, 6.07) is 5.20. The molecule has 0 saturated carbocycles. The SMILES string of the molecule is COC(=O)c1cc(C)c(CCl)cc1C#N. The van der Waals surface area contributed by atoms with Crippen molar-refractivity contribution in [3.8, 4) is 6.07 Å². The average molecular weight is 224 g/mol. The van der Waals surface area contributed by atoms with E-state index < -0.39 is 5.97 Å². The smallest absolute Gasteiger partial charge is 0.339 e. The van der Waals surface area contributed by atoms with E-state index in [0.29, 0.717) is 11.4 Å². The summed E-state index contributed by atoms with van der Waals surface area (Å²) < 4.78 is 4.58. The van der Waals surface area contributed by atoms with Gasteiger partial charge in [-0.2, -0.15) is 5.26 Å². The zero-order chi connectivity index (χ0) is 11.4. The van der Waals surface area contributed by atoms with Crippen molar-refractivity contribution in [1.29, 1.82) is 5.26 Å². The molecule has 0 aliphatic rings. The molecule has 0 aliphatic carbocycles. The van der Waals surface area contributed by atoms with E-state index in [1.165, 1.54) is 7.11 Å². The van der Waals surface area contributed by atoms with Gasteiger partial charge in [0.1, 0.15) is 6.07 Å². The second-order valence-corrected chi connectivity index (χ2v) is 3.33. The first-order chi connectivity index (χ1) is 7.13. The molecule has 0 radical (unpaired) electrons. The Bertz CT molecular complexity index is 435. The highest BCUT2D eigenvalue weighted by Crippen LogP contribution is 2.18. The molecular formula is C11H10ClNO2. The molecule has 3 nitrogen and oxygen atoms in total. The molecule has 0 amide bonds. The van der Waals surface area contributed by atoms with E-state index in [1.54, 1.807) is 12.1 Å². The molecule has 78 valence electrons. The van der Waals surface area contributed by atoms with Gasteiger partial charge in [0.15, 0.2) is 0 Å². The van der Waals surface area contributed by atoms with Crippen LogP contribution in [0, 0.1) is 18.3 Å². The van der Waals surface area contributed by atoms with E-state index in [1.807, 2.05) is 13.0 Å². The zero-order valence-corrected chi connectivity index (χ0v) is 9.26. The van der Waals surface area contributed by atoms with E-state index in [9.17, 15) is 4.79 Å². The third-order valence-electron chi connectivity index (χ3n) is 2.15. The number of esters is 1. The van der Waals surface area contributed by atoms with Crippen molar-refractivity contribution < 1.29 is 9.53 Å². The van der Waals surface area contributed by atoms with E-state index in [4.69, 9.17) is 16.9 Å². The number of rotatable bonds is 2. The molecule has 4 heteroatoms. The van der Waals surface area contributed by atoms with Crippen LogP contribution in [0.1, 0.15) is 27.0 Å². The molecule has 0 bridgehead atoms. The van der Waals surface area contributed by atoms with Gasteiger partial charge < -0.3 is 4.74 Å². The molecule has 1 aromatic carbocycles. The lowest BCUT2D eigenvalue weighted by atomic mass is 10.0. The van der Waals surface area contributed by atoms with E-state index in [0.717, 1.165) is 11.1 Å². The summed E-state index contributed by atoms with van der Waals surface area (Å²) in [7, 11) is 1.29. The Hall–Kier alpha value is -1.53. The van der Waals surface area contributed by atoms with Gasteiger partial charge in [-0.25, -0.2) is 4.79 Å². The minimum absolute atomic E-state index is 0.284. The highest BCUT2D eigenvalue weighted by atomic mass is 35.5. The van der Waals surface area contributed by atoms with Gasteiger partial charge in [-0.15, -0.1) is 11.6 Å². The first-order valence-electron chi connectivity index (χ1n) is 4.32. The first-order valence-corrected chi connectivity index (χ1v) is 4.85. The summed E-state index contributed by atoms with van der Waals surface area (Å²) >= 11 is 5.70. The van der Waals surface area contributed by atoms with Crippen molar-refractivity contribution in [2.45, 2.75) is 12.8 Å². The number of carbonyl (C=O) groups excluding carboxylic acids is 1. The van der Waals surface area contributed by atoms with Gasteiger partial charge in [-0.05, 0) is 30.2 Å². The van der Waals surface area contributed by atoms with Crippen molar-refractivity contribution in [3.05, 3.63) is 34.4 Å². The van der Waals surface area contributed by atoms with Crippen LogP contribution in [0.3, 0.4) is 0 Å². The van der Waals surface area contributed by atoms with Crippen LogP contribution in [0.4, 0.5) is 0 Å². The summed E-state index contributed by atoms with van der Waals surface area (Å²) in [6.45, 7) is 1.84. The lowest BCUT2D eigenvalue weighted by Gasteiger charge is -2.07. The molecule has 1 rings (SSSR count). The third-order valence-corrected chi connectivity index (χ3v) is 2.43. The Morgan fingerprint density at radius 1 is 1.60 bits per heavy atom. The summed E-state index contributed by atoms with van der Waals surface area (Å²) in [5.74, 6) is -0.183.